The summed E-state index contributed by atoms with van der Waals surface area (Å²) in [5.41, 5.74) is 1.36. The molecule has 3 heteroatoms. The van der Waals surface area contributed by atoms with Gasteiger partial charge in [-0.15, -0.1) is 0 Å². The van der Waals surface area contributed by atoms with E-state index in [-0.39, 0.29) is 5.54 Å². The minimum Gasteiger partial charge on any atom is -0.371 e. The number of hydrogen-bond donors (Lipinski definition) is 1. The second-order valence-corrected chi connectivity index (χ2v) is 5.47. The van der Waals surface area contributed by atoms with Crippen molar-refractivity contribution in [3.05, 3.63) is 18.3 Å². The van der Waals surface area contributed by atoms with Crippen LogP contribution in [0.4, 0.5) is 11.5 Å². The molecular formula is C13H21N3. The van der Waals surface area contributed by atoms with Crippen molar-refractivity contribution in [1.82, 2.24) is 4.98 Å². The summed E-state index contributed by atoms with van der Waals surface area (Å²) in [5.74, 6) is 0.969. The quantitative estimate of drug-likeness (QED) is 0.829. The first-order valence-corrected chi connectivity index (χ1v) is 6.04. The van der Waals surface area contributed by atoms with Crippen molar-refractivity contribution in [3.8, 4) is 0 Å². The third-order valence-corrected chi connectivity index (χ3v) is 2.72. The molecule has 0 aliphatic carbocycles. The van der Waals surface area contributed by atoms with E-state index in [0.29, 0.717) is 0 Å². The van der Waals surface area contributed by atoms with Crippen molar-refractivity contribution in [2.24, 2.45) is 0 Å². The maximum absolute atomic E-state index is 4.36. The van der Waals surface area contributed by atoms with Gasteiger partial charge >= 0.3 is 0 Å². The molecule has 1 saturated heterocycles. The number of rotatable bonds is 2. The van der Waals surface area contributed by atoms with Crippen LogP contribution in [0.5, 0.6) is 0 Å². The Morgan fingerprint density at radius 3 is 2.56 bits per heavy atom. The fourth-order valence-electron chi connectivity index (χ4n) is 2.04. The summed E-state index contributed by atoms with van der Waals surface area (Å²) in [6, 6.07) is 4.25. The molecule has 0 atom stereocenters. The number of nitrogens with one attached hydrogen (secondary N) is 1. The molecule has 16 heavy (non-hydrogen) atoms. The summed E-state index contributed by atoms with van der Waals surface area (Å²) in [7, 11) is 0. The Kier molecular flexibility index (Phi) is 3.03. The number of hydrogen-bond acceptors (Lipinski definition) is 3. The van der Waals surface area contributed by atoms with Gasteiger partial charge in [-0.2, -0.15) is 0 Å². The molecule has 1 aromatic rings. The van der Waals surface area contributed by atoms with Crippen LogP contribution in [0.25, 0.3) is 0 Å². The molecule has 1 aromatic heterocycles. The van der Waals surface area contributed by atoms with Gasteiger partial charge in [0.05, 0.1) is 0 Å². The normalized spacial score (nSPS) is 16.6. The van der Waals surface area contributed by atoms with E-state index in [1.54, 1.807) is 0 Å². The van der Waals surface area contributed by atoms with Gasteiger partial charge in [0.15, 0.2) is 0 Å². The van der Waals surface area contributed by atoms with E-state index < -0.39 is 0 Å². The molecule has 2 rings (SSSR count). The third kappa shape index (κ3) is 2.87. The van der Waals surface area contributed by atoms with Crippen LogP contribution in [0, 0.1) is 0 Å². The molecule has 0 aromatic carbocycles. The topological polar surface area (TPSA) is 28.2 Å². The molecule has 2 heterocycles. The highest BCUT2D eigenvalue weighted by molar-refractivity contribution is 5.54. The number of anilines is 2. The monoisotopic (exact) mass is 219 g/mol. The molecule has 1 fully saturated rings. The second-order valence-electron chi connectivity index (χ2n) is 5.47. The van der Waals surface area contributed by atoms with E-state index >= 15 is 0 Å². The van der Waals surface area contributed by atoms with Crippen molar-refractivity contribution in [1.29, 1.82) is 0 Å². The Balaban J connectivity index is 2.12. The molecule has 0 spiro atoms. The Labute approximate surface area is 97.9 Å². The first-order valence-electron chi connectivity index (χ1n) is 6.04. The number of nitrogens with zero attached hydrogens (tertiary/aromatic N) is 2. The molecule has 0 amide bonds. The van der Waals surface area contributed by atoms with Gasteiger partial charge in [-0.05, 0) is 39.7 Å². The lowest BCUT2D eigenvalue weighted by Crippen LogP contribution is -2.27. The number of aromatic nitrogens is 1. The first-order chi connectivity index (χ1) is 7.54. The maximum atomic E-state index is 4.36. The molecule has 0 saturated carbocycles. The highest BCUT2D eigenvalue weighted by Crippen LogP contribution is 2.23. The zero-order valence-corrected chi connectivity index (χ0v) is 10.5. The highest BCUT2D eigenvalue weighted by Gasteiger charge is 2.14. The SMILES string of the molecule is CC(C)(C)Nc1cc(N2CCCC2)ccn1. The van der Waals surface area contributed by atoms with Gasteiger partial charge in [-0.25, -0.2) is 4.98 Å². The molecule has 0 unspecified atom stereocenters. The predicted octanol–water partition coefficient (Wildman–Crippen LogP) is 2.89. The third-order valence-electron chi connectivity index (χ3n) is 2.72. The largest absolute Gasteiger partial charge is 0.371 e. The lowest BCUT2D eigenvalue weighted by molar-refractivity contribution is 0.630. The van der Waals surface area contributed by atoms with Crippen molar-refractivity contribution < 1.29 is 0 Å². The van der Waals surface area contributed by atoms with Crippen molar-refractivity contribution >= 4 is 11.5 Å². The maximum Gasteiger partial charge on any atom is 0.128 e. The Morgan fingerprint density at radius 1 is 1.25 bits per heavy atom. The van der Waals surface area contributed by atoms with Crippen molar-refractivity contribution in [3.63, 3.8) is 0 Å². The van der Waals surface area contributed by atoms with Gasteiger partial charge in [-0.3, -0.25) is 0 Å². The van der Waals surface area contributed by atoms with Crippen LogP contribution in [-0.4, -0.2) is 23.6 Å². The van der Waals surface area contributed by atoms with E-state index in [0.717, 1.165) is 5.82 Å². The first kappa shape index (κ1) is 11.2. The summed E-state index contributed by atoms with van der Waals surface area (Å²) in [4.78, 5) is 6.78. The Hall–Kier alpha value is -1.25. The van der Waals surface area contributed by atoms with Crippen LogP contribution < -0.4 is 10.2 Å². The van der Waals surface area contributed by atoms with Crippen molar-refractivity contribution in [2.75, 3.05) is 23.3 Å². The van der Waals surface area contributed by atoms with Crippen molar-refractivity contribution in [2.45, 2.75) is 39.2 Å². The average Bonchev–Trinajstić information content (AvgIpc) is 2.68. The molecule has 3 nitrogen and oxygen atoms in total. The van der Waals surface area contributed by atoms with E-state index in [1.165, 1.54) is 31.6 Å². The molecule has 88 valence electrons. The lowest BCUT2D eigenvalue weighted by Gasteiger charge is -2.23. The summed E-state index contributed by atoms with van der Waals surface area (Å²) >= 11 is 0. The highest BCUT2D eigenvalue weighted by atomic mass is 15.1. The molecule has 1 aliphatic rings. The van der Waals surface area contributed by atoms with Crippen LogP contribution in [0.1, 0.15) is 33.6 Å². The van der Waals surface area contributed by atoms with Gasteiger partial charge in [0, 0.05) is 36.6 Å². The summed E-state index contributed by atoms with van der Waals surface area (Å²) in [5, 5.41) is 3.41. The average molecular weight is 219 g/mol. The zero-order chi connectivity index (χ0) is 11.6. The molecule has 0 radical (unpaired) electrons. The predicted molar refractivity (Wildman–Crippen MR) is 69.1 cm³/mol. The lowest BCUT2D eigenvalue weighted by atomic mass is 10.1. The van der Waals surface area contributed by atoms with Crippen LogP contribution >= 0.6 is 0 Å². The fourth-order valence-corrected chi connectivity index (χ4v) is 2.04. The van der Waals surface area contributed by atoms with Crippen LogP contribution in [0.3, 0.4) is 0 Å². The van der Waals surface area contributed by atoms with Crippen LogP contribution in [-0.2, 0) is 0 Å². The van der Waals surface area contributed by atoms with E-state index in [2.05, 4.69) is 48.1 Å². The molecule has 1 aliphatic heterocycles. The summed E-state index contributed by atoms with van der Waals surface area (Å²) in [6.45, 7) is 8.81. The van der Waals surface area contributed by atoms with Gasteiger partial charge in [0.2, 0.25) is 0 Å². The van der Waals surface area contributed by atoms with Crippen LogP contribution in [0.2, 0.25) is 0 Å². The van der Waals surface area contributed by atoms with Gasteiger partial charge in [-0.1, -0.05) is 0 Å². The summed E-state index contributed by atoms with van der Waals surface area (Å²) < 4.78 is 0. The van der Waals surface area contributed by atoms with Crippen LogP contribution in [0.15, 0.2) is 18.3 Å². The zero-order valence-electron chi connectivity index (χ0n) is 10.5. The van der Waals surface area contributed by atoms with Gasteiger partial charge in [0.25, 0.3) is 0 Å². The van der Waals surface area contributed by atoms with Gasteiger partial charge in [0.1, 0.15) is 5.82 Å². The van der Waals surface area contributed by atoms with Gasteiger partial charge < -0.3 is 10.2 Å². The van der Waals surface area contributed by atoms with E-state index in [1.807, 2.05) is 6.20 Å². The molecule has 0 bridgehead atoms. The van der Waals surface area contributed by atoms with E-state index in [9.17, 15) is 0 Å². The standard InChI is InChI=1S/C13H21N3/c1-13(2,3)15-12-10-11(6-7-14-12)16-8-4-5-9-16/h6-7,10H,4-5,8-9H2,1-3H3,(H,14,15). The minimum atomic E-state index is 0.0661. The Morgan fingerprint density at radius 2 is 1.94 bits per heavy atom. The molecular weight excluding hydrogens is 198 g/mol. The summed E-state index contributed by atoms with van der Waals surface area (Å²) in [6.07, 6.45) is 4.51. The minimum absolute atomic E-state index is 0.0661. The Bertz CT molecular complexity index is 348. The second kappa shape index (κ2) is 4.32. The number of pyridine rings is 1. The fraction of sp³-hybridized carbons (Fsp3) is 0.615. The molecule has 1 N–H and O–H groups in total. The smallest absolute Gasteiger partial charge is 0.128 e. The van der Waals surface area contributed by atoms with E-state index in [4.69, 9.17) is 0 Å².